The third kappa shape index (κ3) is 7.28. The minimum atomic E-state index is -0.417. The number of H-pyrrole nitrogens is 1. The highest BCUT2D eigenvalue weighted by atomic mass is 32.2. The molecule has 0 spiro atoms. The summed E-state index contributed by atoms with van der Waals surface area (Å²) in [6.45, 7) is 3.69. The van der Waals surface area contributed by atoms with Crippen LogP contribution in [0.15, 0.2) is 70.6 Å². The minimum absolute atomic E-state index is 0.0447. The molecule has 0 radical (unpaired) electrons. The Morgan fingerprint density at radius 1 is 1.09 bits per heavy atom. The lowest BCUT2D eigenvalue weighted by Gasteiger charge is -2.09. The summed E-state index contributed by atoms with van der Waals surface area (Å²) in [5.74, 6) is 0.0237. The lowest BCUT2D eigenvalue weighted by atomic mass is 10.2. The molecule has 0 unspecified atom stereocenters. The molecule has 8 nitrogen and oxygen atoms in total. The molecule has 1 amide bonds. The van der Waals surface area contributed by atoms with Crippen LogP contribution in [0, 0.1) is 0 Å². The van der Waals surface area contributed by atoms with Gasteiger partial charge in [0.2, 0.25) is 5.91 Å². The van der Waals surface area contributed by atoms with E-state index >= 15 is 0 Å². The molecule has 0 aliphatic carbocycles. The van der Waals surface area contributed by atoms with E-state index in [-0.39, 0.29) is 29.9 Å². The predicted molar refractivity (Wildman–Crippen MR) is 122 cm³/mol. The van der Waals surface area contributed by atoms with E-state index in [2.05, 4.69) is 15.3 Å². The van der Waals surface area contributed by atoms with Crippen LogP contribution in [0.2, 0.25) is 0 Å². The molecule has 2 aromatic carbocycles. The number of carbonyl (C=O) groups excluding carboxylic acids is 2. The van der Waals surface area contributed by atoms with E-state index in [0.29, 0.717) is 27.9 Å². The lowest BCUT2D eigenvalue weighted by Crippen LogP contribution is -2.16. The van der Waals surface area contributed by atoms with Crippen molar-refractivity contribution < 1.29 is 19.1 Å². The van der Waals surface area contributed by atoms with Crippen LogP contribution in [0.1, 0.15) is 29.9 Å². The maximum Gasteiger partial charge on any atom is 0.338 e. The van der Waals surface area contributed by atoms with Crippen LogP contribution in [0.5, 0.6) is 5.75 Å². The number of rotatable bonds is 9. The number of hydrogen-bond donors (Lipinski definition) is 2. The average Bonchev–Trinajstić information content (AvgIpc) is 2.77. The molecular formula is C23H23N3O5S. The number of amides is 1. The molecule has 9 heteroatoms. The van der Waals surface area contributed by atoms with Crippen LogP contribution < -0.4 is 15.6 Å². The van der Waals surface area contributed by atoms with Gasteiger partial charge in [0.15, 0.2) is 5.16 Å². The molecule has 32 heavy (non-hydrogen) atoms. The number of para-hydroxylation sites is 1. The summed E-state index contributed by atoms with van der Waals surface area (Å²) < 4.78 is 10.7. The summed E-state index contributed by atoms with van der Waals surface area (Å²) in [6, 6.07) is 17.0. The van der Waals surface area contributed by atoms with Gasteiger partial charge < -0.3 is 19.8 Å². The molecule has 0 aliphatic heterocycles. The summed E-state index contributed by atoms with van der Waals surface area (Å²) in [6.07, 6.45) is -0.206. The van der Waals surface area contributed by atoms with E-state index in [9.17, 15) is 14.4 Å². The number of esters is 1. The number of hydrogen-bond acceptors (Lipinski definition) is 7. The standard InChI is InChI=1S/C23H23N3O5S/c1-15(2)31-22(29)16-8-10-17(11-9-16)24-21(28)14-32-23-25-18(12-20(27)26-23)13-30-19-6-4-3-5-7-19/h3-12,15H,13-14H2,1-2H3,(H,24,28)(H,25,26,27). The van der Waals surface area contributed by atoms with Gasteiger partial charge in [0.1, 0.15) is 12.4 Å². The first-order valence-corrected chi connectivity index (χ1v) is 10.9. The number of ether oxygens (including phenoxy) is 2. The maximum absolute atomic E-state index is 12.3. The fourth-order valence-corrected chi connectivity index (χ4v) is 3.30. The summed E-state index contributed by atoms with van der Waals surface area (Å²) in [5.41, 5.74) is 1.09. The van der Waals surface area contributed by atoms with Crippen LogP contribution in [0.3, 0.4) is 0 Å². The molecular weight excluding hydrogens is 430 g/mol. The average molecular weight is 454 g/mol. The van der Waals surface area contributed by atoms with Crippen molar-refractivity contribution in [2.24, 2.45) is 0 Å². The van der Waals surface area contributed by atoms with Crippen molar-refractivity contribution in [3.05, 3.63) is 82.3 Å². The molecule has 0 atom stereocenters. The zero-order chi connectivity index (χ0) is 22.9. The van der Waals surface area contributed by atoms with Crippen molar-refractivity contribution in [1.29, 1.82) is 0 Å². The molecule has 0 saturated heterocycles. The summed E-state index contributed by atoms with van der Waals surface area (Å²) in [5, 5.41) is 3.06. The van der Waals surface area contributed by atoms with Gasteiger partial charge in [0.05, 0.1) is 23.1 Å². The van der Waals surface area contributed by atoms with E-state index in [4.69, 9.17) is 9.47 Å². The Morgan fingerprint density at radius 2 is 1.81 bits per heavy atom. The fraction of sp³-hybridized carbons (Fsp3) is 0.217. The van der Waals surface area contributed by atoms with Crippen molar-refractivity contribution in [2.45, 2.75) is 31.7 Å². The fourth-order valence-electron chi connectivity index (χ4n) is 2.60. The van der Waals surface area contributed by atoms with Crippen LogP contribution in [-0.2, 0) is 16.1 Å². The zero-order valence-electron chi connectivity index (χ0n) is 17.7. The molecule has 0 aliphatic rings. The Morgan fingerprint density at radius 3 is 2.50 bits per heavy atom. The molecule has 1 aromatic heterocycles. The molecule has 0 fully saturated rings. The Balaban J connectivity index is 1.52. The van der Waals surface area contributed by atoms with Gasteiger partial charge in [-0.15, -0.1) is 0 Å². The number of carbonyl (C=O) groups is 2. The van der Waals surface area contributed by atoms with Gasteiger partial charge in [0, 0.05) is 11.8 Å². The number of thioether (sulfide) groups is 1. The lowest BCUT2D eigenvalue weighted by molar-refractivity contribution is -0.113. The molecule has 0 saturated carbocycles. The van der Waals surface area contributed by atoms with E-state index in [0.717, 1.165) is 11.8 Å². The van der Waals surface area contributed by atoms with Gasteiger partial charge >= 0.3 is 5.97 Å². The largest absolute Gasteiger partial charge is 0.487 e. The quantitative estimate of drug-likeness (QED) is 0.289. The second-order valence-electron chi connectivity index (χ2n) is 7.01. The van der Waals surface area contributed by atoms with Crippen molar-refractivity contribution in [3.8, 4) is 5.75 Å². The van der Waals surface area contributed by atoms with Crippen molar-refractivity contribution >= 4 is 29.3 Å². The van der Waals surface area contributed by atoms with Crippen LogP contribution >= 0.6 is 11.8 Å². The van der Waals surface area contributed by atoms with Gasteiger partial charge in [0.25, 0.3) is 5.56 Å². The highest BCUT2D eigenvalue weighted by Crippen LogP contribution is 2.16. The number of aromatic amines is 1. The number of nitrogens with zero attached hydrogens (tertiary/aromatic N) is 1. The smallest absolute Gasteiger partial charge is 0.338 e. The highest BCUT2D eigenvalue weighted by molar-refractivity contribution is 7.99. The van der Waals surface area contributed by atoms with Crippen LogP contribution in [-0.4, -0.2) is 33.7 Å². The first-order chi connectivity index (χ1) is 15.4. The van der Waals surface area contributed by atoms with E-state index in [1.807, 2.05) is 30.3 Å². The van der Waals surface area contributed by atoms with Gasteiger partial charge in [-0.3, -0.25) is 9.59 Å². The second kappa shape index (κ2) is 11.1. The van der Waals surface area contributed by atoms with E-state index < -0.39 is 5.97 Å². The third-order valence-electron chi connectivity index (χ3n) is 3.99. The Bertz CT molecular complexity index is 1110. The maximum atomic E-state index is 12.3. The minimum Gasteiger partial charge on any atom is -0.487 e. The highest BCUT2D eigenvalue weighted by Gasteiger charge is 2.11. The molecule has 166 valence electrons. The number of anilines is 1. The van der Waals surface area contributed by atoms with Gasteiger partial charge in [-0.25, -0.2) is 9.78 Å². The number of benzene rings is 2. The summed E-state index contributed by atoms with van der Waals surface area (Å²) >= 11 is 1.10. The zero-order valence-corrected chi connectivity index (χ0v) is 18.5. The SMILES string of the molecule is CC(C)OC(=O)c1ccc(NC(=O)CSc2nc(COc3ccccc3)cc(=O)[nH]2)cc1. The van der Waals surface area contributed by atoms with Crippen LogP contribution in [0.4, 0.5) is 5.69 Å². The first-order valence-electron chi connectivity index (χ1n) is 9.91. The normalized spacial score (nSPS) is 10.6. The number of nitrogens with one attached hydrogen (secondary N) is 2. The molecule has 3 aromatic rings. The summed E-state index contributed by atoms with van der Waals surface area (Å²) in [4.78, 5) is 43.0. The first kappa shape index (κ1) is 23.1. The van der Waals surface area contributed by atoms with Crippen molar-refractivity contribution in [2.75, 3.05) is 11.1 Å². The van der Waals surface area contributed by atoms with Crippen molar-refractivity contribution in [3.63, 3.8) is 0 Å². The topological polar surface area (TPSA) is 110 Å². The van der Waals surface area contributed by atoms with Gasteiger partial charge in [-0.1, -0.05) is 30.0 Å². The summed E-state index contributed by atoms with van der Waals surface area (Å²) in [7, 11) is 0. The molecule has 1 heterocycles. The Labute approximate surface area is 189 Å². The second-order valence-corrected chi connectivity index (χ2v) is 7.98. The number of aromatic nitrogens is 2. The van der Waals surface area contributed by atoms with E-state index in [1.165, 1.54) is 6.07 Å². The van der Waals surface area contributed by atoms with Gasteiger partial charge in [-0.2, -0.15) is 0 Å². The van der Waals surface area contributed by atoms with Crippen molar-refractivity contribution in [1.82, 2.24) is 9.97 Å². The predicted octanol–water partition coefficient (Wildman–Crippen LogP) is 3.64. The van der Waals surface area contributed by atoms with Gasteiger partial charge in [-0.05, 0) is 50.2 Å². The third-order valence-corrected chi connectivity index (χ3v) is 4.86. The molecule has 3 rings (SSSR count). The molecule has 2 N–H and O–H groups in total. The van der Waals surface area contributed by atoms with Crippen LogP contribution in [0.25, 0.3) is 0 Å². The Hall–Kier alpha value is -3.59. The molecule has 0 bridgehead atoms. The monoisotopic (exact) mass is 453 g/mol. The Kier molecular flexibility index (Phi) is 8.04. The van der Waals surface area contributed by atoms with E-state index in [1.54, 1.807) is 38.1 Å².